The number of H-pyrrole nitrogens is 1. The molecule has 11 heteroatoms. The van der Waals surface area contributed by atoms with Crippen LogP contribution < -0.4 is 20.3 Å². The number of carbonyl (C=O) groups excluding carboxylic acids is 1. The van der Waals surface area contributed by atoms with Gasteiger partial charge in [0.25, 0.3) is 5.91 Å². The van der Waals surface area contributed by atoms with Crippen molar-refractivity contribution in [1.29, 1.82) is 0 Å². The number of nitrogens with zero attached hydrogens (tertiary/aromatic N) is 5. The monoisotopic (exact) mass is 504 g/mol. The molecule has 0 atom stereocenters. The van der Waals surface area contributed by atoms with E-state index in [0.717, 1.165) is 44.1 Å². The number of hydrogen-bond donors (Lipinski definition) is 3. The van der Waals surface area contributed by atoms with Crippen molar-refractivity contribution in [1.82, 2.24) is 30.2 Å². The van der Waals surface area contributed by atoms with Gasteiger partial charge in [0.1, 0.15) is 17.7 Å². The van der Waals surface area contributed by atoms with Gasteiger partial charge < -0.3 is 30.2 Å². The molecule has 4 heterocycles. The minimum atomic E-state index is -0.546. The summed E-state index contributed by atoms with van der Waals surface area (Å²) in [5, 5.41) is 6.05. The number of aromatic nitrogens is 4. The van der Waals surface area contributed by atoms with Crippen LogP contribution in [0.5, 0.6) is 11.6 Å². The Balaban J connectivity index is 1.40. The van der Waals surface area contributed by atoms with Gasteiger partial charge in [0.15, 0.2) is 17.4 Å². The number of anilines is 3. The van der Waals surface area contributed by atoms with Gasteiger partial charge in [-0.3, -0.25) is 4.79 Å². The van der Waals surface area contributed by atoms with Crippen molar-refractivity contribution in [2.45, 2.75) is 13.8 Å². The minimum absolute atomic E-state index is 0.0383. The number of aromatic amines is 1. The fraction of sp³-hybridized carbons (Fsp3) is 0.308. The molecule has 0 aliphatic carbocycles. The SMILES string of the molecule is CCN1CCN(c2ccc(Nc3ncnc(Oc4ccc5[nH]c(C)cc5c4F)c3C(=O)NC)nc2)CC1. The van der Waals surface area contributed by atoms with Crippen LogP contribution in [-0.4, -0.2) is 70.5 Å². The summed E-state index contributed by atoms with van der Waals surface area (Å²) in [4.78, 5) is 33.5. The smallest absolute Gasteiger partial charge is 0.260 e. The molecule has 192 valence electrons. The van der Waals surface area contributed by atoms with Gasteiger partial charge in [-0.1, -0.05) is 6.92 Å². The third-order valence-corrected chi connectivity index (χ3v) is 6.49. The van der Waals surface area contributed by atoms with Crippen molar-refractivity contribution in [3.05, 3.63) is 59.9 Å². The second kappa shape index (κ2) is 10.4. The number of ether oxygens (including phenoxy) is 1. The van der Waals surface area contributed by atoms with E-state index < -0.39 is 11.7 Å². The minimum Gasteiger partial charge on any atom is -0.435 e. The summed E-state index contributed by atoms with van der Waals surface area (Å²) in [6, 6.07) is 8.73. The molecule has 3 N–H and O–H groups in total. The predicted octanol–water partition coefficient (Wildman–Crippen LogP) is 3.84. The lowest BCUT2D eigenvalue weighted by molar-refractivity contribution is 0.0960. The molecule has 1 saturated heterocycles. The maximum Gasteiger partial charge on any atom is 0.260 e. The molecule has 5 rings (SSSR count). The van der Waals surface area contributed by atoms with E-state index in [2.05, 4.69) is 47.3 Å². The quantitative estimate of drug-likeness (QED) is 0.348. The highest BCUT2D eigenvalue weighted by Crippen LogP contribution is 2.33. The topological polar surface area (TPSA) is 111 Å². The largest absolute Gasteiger partial charge is 0.435 e. The average Bonchev–Trinajstić information content (AvgIpc) is 3.32. The summed E-state index contributed by atoms with van der Waals surface area (Å²) in [7, 11) is 1.49. The summed E-state index contributed by atoms with van der Waals surface area (Å²) in [5.41, 5.74) is 2.55. The number of fused-ring (bicyclic) bond motifs is 1. The maximum atomic E-state index is 15.1. The lowest BCUT2D eigenvalue weighted by atomic mass is 10.2. The molecule has 1 aliphatic heterocycles. The zero-order valence-electron chi connectivity index (χ0n) is 21.0. The van der Waals surface area contributed by atoms with Gasteiger partial charge in [-0.15, -0.1) is 0 Å². The van der Waals surface area contributed by atoms with Gasteiger partial charge in [0, 0.05) is 49.8 Å². The van der Waals surface area contributed by atoms with E-state index in [4.69, 9.17) is 4.74 Å². The fourth-order valence-corrected chi connectivity index (χ4v) is 4.43. The Morgan fingerprint density at radius 2 is 1.95 bits per heavy atom. The van der Waals surface area contributed by atoms with Gasteiger partial charge in [-0.05, 0) is 43.8 Å². The van der Waals surface area contributed by atoms with E-state index in [9.17, 15) is 4.79 Å². The Morgan fingerprint density at radius 3 is 2.65 bits per heavy atom. The number of hydrogen-bond acceptors (Lipinski definition) is 8. The van der Waals surface area contributed by atoms with E-state index in [1.165, 1.54) is 19.4 Å². The van der Waals surface area contributed by atoms with Crippen LogP contribution in [-0.2, 0) is 0 Å². The Kier molecular flexibility index (Phi) is 6.87. The number of piperazine rings is 1. The zero-order valence-corrected chi connectivity index (χ0v) is 21.0. The molecule has 3 aromatic heterocycles. The fourth-order valence-electron chi connectivity index (χ4n) is 4.43. The first-order chi connectivity index (χ1) is 18.0. The number of aryl methyl sites for hydroxylation is 1. The Morgan fingerprint density at radius 1 is 1.14 bits per heavy atom. The highest BCUT2D eigenvalue weighted by Gasteiger charge is 2.23. The Bertz CT molecular complexity index is 1410. The van der Waals surface area contributed by atoms with Crippen molar-refractivity contribution < 1.29 is 13.9 Å². The van der Waals surface area contributed by atoms with Crippen LogP contribution in [0.3, 0.4) is 0 Å². The molecule has 0 radical (unpaired) electrons. The second-order valence-electron chi connectivity index (χ2n) is 8.82. The second-order valence-corrected chi connectivity index (χ2v) is 8.82. The molecule has 1 aromatic carbocycles. The molecular formula is C26H29FN8O2. The summed E-state index contributed by atoms with van der Waals surface area (Å²) in [6.07, 6.45) is 3.05. The number of likely N-dealkylation sites (N-methyl/N-ethyl adjacent to an activating group) is 1. The highest BCUT2D eigenvalue weighted by molar-refractivity contribution is 6.01. The number of rotatable bonds is 7. The van der Waals surface area contributed by atoms with Crippen molar-refractivity contribution in [3.8, 4) is 11.6 Å². The lowest BCUT2D eigenvalue weighted by Gasteiger charge is -2.35. The van der Waals surface area contributed by atoms with Crippen molar-refractivity contribution in [2.24, 2.45) is 0 Å². The van der Waals surface area contributed by atoms with Gasteiger partial charge >= 0.3 is 0 Å². The van der Waals surface area contributed by atoms with Crippen LogP contribution in [0, 0.1) is 12.7 Å². The van der Waals surface area contributed by atoms with Gasteiger partial charge in [0.05, 0.1) is 11.9 Å². The molecule has 37 heavy (non-hydrogen) atoms. The lowest BCUT2D eigenvalue weighted by Crippen LogP contribution is -2.46. The number of halogens is 1. The number of nitrogens with one attached hydrogen (secondary N) is 3. The van der Waals surface area contributed by atoms with Crippen LogP contribution in [0.2, 0.25) is 0 Å². The van der Waals surface area contributed by atoms with Gasteiger partial charge in [-0.25, -0.2) is 19.3 Å². The molecule has 0 bridgehead atoms. The Hall–Kier alpha value is -4.25. The Labute approximate surface area is 213 Å². The molecule has 1 amide bonds. The van der Waals surface area contributed by atoms with Gasteiger partial charge in [0.2, 0.25) is 5.88 Å². The van der Waals surface area contributed by atoms with Crippen LogP contribution in [0.15, 0.2) is 42.9 Å². The van der Waals surface area contributed by atoms with Gasteiger partial charge in [-0.2, -0.15) is 0 Å². The average molecular weight is 505 g/mol. The molecule has 1 aliphatic rings. The van der Waals surface area contributed by atoms with Crippen LogP contribution in [0.4, 0.5) is 21.7 Å². The summed E-state index contributed by atoms with van der Waals surface area (Å²) >= 11 is 0. The van der Waals surface area contributed by atoms with E-state index in [1.807, 2.05) is 19.1 Å². The third kappa shape index (κ3) is 5.03. The zero-order chi connectivity index (χ0) is 25.9. The van der Waals surface area contributed by atoms with E-state index >= 15 is 4.39 Å². The summed E-state index contributed by atoms with van der Waals surface area (Å²) in [6.45, 7) is 9.01. The predicted molar refractivity (Wildman–Crippen MR) is 140 cm³/mol. The summed E-state index contributed by atoms with van der Waals surface area (Å²) in [5.74, 6) is -0.460. The number of benzene rings is 1. The first-order valence-electron chi connectivity index (χ1n) is 12.2. The molecule has 4 aromatic rings. The van der Waals surface area contributed by atoms with E-state index in [-0.39, 0.29) is 23.0 Å². The third-order valence-electron chi connectivity index (χ3n) is 6.49. The van der Waals surface area contributed by atoms with Crippen LogP contribution in [0.1, 0.15) is 23.0 Å². The number of carbonyl (C=O) groups is 1. The van der Waals surface area contributed by atoms with Crippen LogP contribution >= 0.6 is 0 Å². The molecule has 0 saturated carbocycles. The molecular weight excluding hydrogens is 475 g/mol. The standard InChI is InChI=1S/C26H29FN8O2/c1-4-34-9-11-35(12-10-34)17-5-8-21(29-14-17)33-24-22(25(36)28-3)26(31-15-30-24)37-20-7-6-19-18(23(20)27)13-16(2)32-19/h5-8,13-15,32H,4,9-12H2,1-3H3,(H,28,36)(H,29,30,31,33). The van der Waals surface area contributed by atoms with Crippen molar-refractivity contribution in [3.63, 3.8) is 0 Å². The van der Waals surface area contributed by atoms with E-state index in [0.29, 0.717) is 16.7 Å². The number of amides is 1. The van der Waals surface area contributed by atoms with Crippen molar-refractivity contribution >= 4 is 34.1 Å². The van der Waals surface area contributed by atoms with Crippen molar-refractivity contribution in [2.75, 3.05) is 50.0 Å². The van der Waals surface area contributed by atoms with E-state index in [1.54, 1.807) is 18.3 Å². The van der Waals surface area contributed by atoms with Crippen LogP contribution in [0.25, 0.3) is 10.9 Å². The maximum absolute atomic E-state index is 15.1. The first kappa shape index (κ1) is 24.4. The highest BCUT2D eigenvalue weighted by atomic mass is 19.1. The molecule has 0 unspecified atom stereocenters. The number of pyridine rings is 1. The first-order valence-corrected chi connectivity index (χ1v) is 12.2. The molecule has 10 nitrogen and oxygen atoms in total. The normalized spacial score (nSPS) is 14.1. The molecule has 1 fully saturated rings. The molecule has 0 spiro atoms. The summed E-state index contributed by atoms with van der Waals surface area (Å²) < 4.78 is 20.9.